The molecule has 0 bridgehead atoms. The molecule has 0 radical (unpaired) electrons. The zero-order valence-electron chi connectivity index (χ0n) is 10.8. The van der Waals surface area contributed by atoms with Crippen LogP contribution in [-0.2, 0) is 0 Å². The molecule has 0 aliphatic carbocycles. The number of halogens is 1. The molecule has 0 spiro atoms. The van der Waals surface area contributed by atoms with Gasteiger partial charge in [0.2, 0.25) is 0 Å². The predicted octanol–water partition coefficient (Wildman–Crippen LogP) is 2.33. The number of benzene rings is 1. The Bertz CT molecular complexity index is 688. The summed E-state index contributed by atoms with van der Waals surface area (Å²) in [5, 5.41) is 13.1. The van der Waals surface area contributed by atoms with Crippen LogP contribution in [0, 0.1) is 0 Å². The molecule has 2 aromatic rings. The van der Waals surface area contributed by atoms with Crippen molar-refractivity contribution < 1.29 is 14.6 Å². The SMILES string of the molecule is CC(C)n1c(OC(=O)O)nn(-c2ccc(Cl)cc2)c1=O. The molecule has 0 atom stereocenters. The molecule has 0 amide bonds. The zero-order chi connectivity index (χ0) is 14.9. The Hall–Kier alpha value is -2.28. The van der Waals surface area contributed by atoms with E-state index in [-0.39, 0.29) is 12.1 Å². The number of ether oxygens (including phenoxy) is 1. The zero-order valence-corrected chi connectivity index (χ0v) is 11.5. The Balaban J connectivity index is 2.57. The van der Waals surface area contributed by atoms with E-state index in [0.29, 0.717) is 10.7 Å². The largest absolute Gasteiger partial charge is 0.513 e. The maximum Gasteiger partial charge on any atom is 0.513 e. The number of rotatable bonds is 3. The summed E-state index contributed by atoms with van der Waals surface area (Å²) in [7, 11) is 0. The smallest absolute Gasteiger partial charge is 0.449 e. The Morgan fingerprint density at radius 2 is 1.95 bits per heavy atom. The van der Waals surface area contributed by atoms with Crippen LogP contribution in [0.3, 0.4) is 0 Å². The van der Waals surface area contributed by atoms with Crippen molar-refractivity contribution in [3.05, 3.63) is 39.8 Å². The first-order chi connectivity index (χ1) is 9.40. The van der Waals surface area contributed by atoms with Crippen LogP contribution in [0.4, 0.5) is 4.79 Å². The van der Waals surface area contributed by atoms with Crippen LogP contribution < -0.4 is 10.4 Å². The number of nitrogens with zero attached hydrogens (tertiary/aromatic N) is 3. The summed E-state index contributed by atoms with van der Waals surface area (Å²) < 4.78 is 6.75. The standard InChI is InChI=1S/C12H12ClN3O4/c1-7(2)15-10(20-12(18)19)14-16(11(15)17)9-5-3-8(13)4-6-9/h3-7H,1-2H3,(H,18,19). The highest BCUT2D eigenvalue weighted by molar-refractivity contribution is 6.30. The monoisotopic (exact) mass is 297 g/mol. The first-order valence-electron chi connectivity index (χ1n) is 5.78. The summed E-state index contributed by atoms with van der Waals surface area (Å²) in [5.41, 5.74) is -0.0207. The van der Waals surface area contributed by atoms with E-state index < -0.39 is 11.8 Å². The van der Waals surface area contributed by atoms with Crippen molar-refractivity contribution >= 4 is 17.8 Å². The molecule has 2 rings (SSSR count). The molecule has 0 aliphatic heterocycles. The number of hydrogen-bond donors (Lipinski definition) is 1. The van der Waals surface area contributed by atoms with E-state index in [1.165, 1.54) is 0 Å². The maximum atomic E-state index is 12.3. The average Bonchev–Trinajstić information content (AvgIpc) is 2.66. The van der Waals surface area contributed by atoms with Gasteiger partial charge < -0.3 is 9.84 Å². The van der Waals surface area contributed by atoms with Crippen molar-refractivity contribution in [2.24, 2.45) is 0 Å². The molecule has 8 heteroatoms. The second kappa shape index (κ2) is 5.38. The fourth-order valence-electron chi connectivity index (χ4n) is 1.70. The van der Waals surface area contributed by atoms with Crippen molar-refractivity contribution in [1.82, 2.24) is 14.3 Å². The van der Waals surface area contributed by atoms with Crippen LogP contribution in [0.1, 0.15) is 19.9 Å². The fourth-order valence-corrected chi connectivity index (χ4v) is 1.83. The number of aromatic nitrogens is 3. The summed E-state index contributed by atoms with van der Waals surface area (Å²) in [4.78, 5) is 22.9. The number of carboxylic acid groups (broad SMARTS) is 1. The minimum atomic E-state index is -1.53. The van der Waals surface area contributed by atoms with Gasteiger partial charge >= 0.3 is 17.9 Å². The van der Waals surface area contributed by atoms with Crippen molar-refractivity contribution in [3.63, 3.8) is 0 Å². The van der Waals surface area contributed by atoms with Gasteiger partial charge in [-0.2, -0.15) is 4.68 Å². The highest BCUT2D eigenvalue weighted by Crippen LogP contribution is 2.16. The molecular formula is C12H12ClN3O4. The van der Waals surface area contributed by atoms with E-state index >= 15 is 0 Å². The molecule has 1 heterocycles. The summed E-state index contributed by atoms with van der Waals surface area (Å²) in [6, 6.07) is 5.85. The van der Waals surface area contributed by atoms with Crippen LogP contribution in [-0.4, -0.2) is 25.6 Å². The van der Waals surface area contributed by atoms with Crippen LogP contribution in [0.15, 0.2) is 29.1 Å². The highest BCUT2D eigenvalue weighted by Gasteiger charge is 2.20. The van der Waals surface area contributed by atoms with E-state index in [0.717, 1.165) is 9.25 Å². The number of hydrogen-bond acceptors (Lipinski definition) is 4. The molecule has 0 unspecified atom stereocenters. The molecule has 20 heavy (non-hydrogen) atoms. The Labute approximate surface area is 119 Å². The van der Waals surface area contributed by atoms with Crippen LogP contribution >= 0.6 is 11.6 Å². The Kier molecular flexibility index (Phi) is 3.80. The summed E-state index contributed by atoms with van der Waals surface area (Å²) >= 11 is 5.78. The van der Waals surface area contributed by atoms with E-state index in [4.69, 9.17) is 16.7 Å². The first kappa shape index (κ1) is 14.1. The molecule has 0 fully saturated rings. The highest BCUT2D eigenvalue weighted by atomic mass is 35.5. The molecule has 0 saturated carbocycles. The fraction of sp³-hybridized carbons (Fsp3) is 0.250. The van der Waals surface area contributed by atoms with Gasteiger partial charge in [0.1, 0.15) is 0 Å². The first-order valence-corrected chi connectivity index (χ1v) is 6.16. The van der Waals surface area contributed by atoms with Gasteiger partial charge in [-0.25, -0.2) is 14.2 Å². The van der Waals surface area contributed by atoms with Gasteiger partial charge in [-0.1, -0.05) is 11.6 Å². The van der Waals surface area contributed by atoms with Gasteiger partial charge in [0, 0.05) is 11.1 Å². The second-order valence-electron chi connectivity index (χ2n) is 4.29. The Morgan fingerprint density at radius 1 is 1.35 bits per heavy atom. The molecule has 1 N–H and O–H groups in total. The molecule has 7 nitrogen and oxygen atoms in total. The predicted molar refractivity (Wildman–Crippen MR) is 71.9 cm³/mol. The van der Waals surface area contributed by atoms with E-state index in [1.807, 2.05) is 0 Å². The number of carbonyl (C=O) groups is 1. The van der Waals surface area contributed by atoms with Gasteiger partial charge in [-0.05, 0) is 38.1 Å². The third-order valence-corrected chi connectivity index (χ3v) is 2.80. The minimum absolute atomic E-state index is 0.271. The lowest BCUT2D eigenvalue weighted by molar-refractivity contribution is 0.137. The van der Waals surface area contributed by atoms with Gasteiger partial charge in [0.25, 0.3) is 0 Å². The minimum Gasteiger partial charge on any atom is -0.449 e. The third kappa shape index (κ3) is 2.67. The topological polar surface area (TPSA) is 86.3 Å². The lowest BCUT2D eigenvalue weighted by atomic mass is 10.3. The molecule has 0 saturated heterocycles. The molecule has 106 valence electrons. The molecule has 1 aromatic carbocycles. The van der Waals surface area contributed by atoms with Crippen molar-refractivity contribution in [2.45, 2.75) is 19.9 Å². The summed E-state index contributed by atoms with van der Waals surface area (Å²) in [6.07, 6.45) is -1.53. The van der Waals surface area contributed by atoms with E-state index in [2.05, 4.69) is 9.84 Å². The second-order valence-corrected chi connectivity index (χ2v) is 4.72. The van der Waals surface area contributed by atoms with Crippen molar-refractivity contribution in [3.8, 4) is 11.7 Å². The molecule has 0 aliphatic rings. The van der Waals surface area contributed by atoms with Gasteiger partial charge in [0.15, 0.2) is 0 Å². The van der Waals surface area contributed by atoms with Gasteiger partial charge in [-0.3, -0.25) is 0 Å². The van der Waals surface area contributed by atoms with E-state index in [9.17, 15) is 9.59 Å². The van der Waals surface area contributed by atoms with Crippen LogP contribution in [0.5, 0.6) is 6.01 Å². The van der Waals surface area contributed by atoms with Gasteiger partial charge in [0.05, 0.1) is 5.69 Å². The normalized spacial score (nSPS) is 10.8. The lowest BCUT2D eigenvalue weighted by Crippen LogP contribution is -2.25. The van der Waals surface area contributed by atoms with Crippen LogP contribution in [0.2, 0.25) is 5.02 Å². The lowest BCUT2D eigenvalue weighted by Gasteiger charge is -2.06. The van der Waals surface area contributed by atoms with Gasteiger partial charge in [-0.15, -0.1) is 5.10 Å². The summed E-state index contributed by atoms with van der Waals surface area (Å²) in [5.74, 6) is 0. The maximum absolute atomic E-state index is 12.3. The van der Waals surface area contributed by atoms with E-state index in [1.54, 1.807) is 38.1 Å². The molecular weight excluding hydrogens is 286 g/mol. The Morgan fingerprint density at radius 3 is 2.45 bits per heavy atom. The average molecular weight is 298 g/mol. The van der Waals surface area contributed by atoms with Crippen molar-refractivity contribution in [2.75, 3.05) is 0 Å². The third-order valence-electron chi connectivity index (χ3n) is 2.55. The molecule has 1 aromatic heterocycles. The van der Waals surface area contributed by atoms with Crippen LogP contribution in [0.25, 0.3) is 5.69 Å². The quantitative estimate of drug-likeness (QED) is 0.879. The summed E-state index contributed by atoms with van der Waals surface area (Å²) in [6.45, 7) is 3.45. The van der Waals surface area contributed by atoms with Crippen molar-refractivity contribution in [1.29, 1.82) is 0 Å².